The summed E-state index contributed by atoms with van der Waals surface area (Å²) < 4.78 is 0. The number of aliphatic hydroxyl groups excluding tert-OH is 1. The van der Waals surface area contributed by atoms with Gasteiger partial charge in [0.05, 0.1) is 0 Å². The van der Waals surface area contributed by atoms with E-state index in [4.69, 9.17) is 5.11 Å². The van der Waals surface area contributed by atoms with Crippen LogP contribution in [0.25, 0.3) is 0 Å². The molecule has 0 aromatic rings. The van der Waals surface area contributed by atoms with Crippen LogP contribution < -0.4 is 5.32 Å². The van der Waals surface area contributed by atoms with Crippen LogP contribution in [-0.2, 0) is 4.79 Å². The van der Waals surface area contributed by atoms with Gasteiger partial charge in [0.1, 0.15) is 6.10 Å². The number of rotatable bonds is 2. The lowest BCUT2D eigenvalue weighted by molar-refractivity contribution is -0.129. The van der Waals surface area contributed by atoms with Crippen LogP contribution >= 0.6 is 0 Å². The van der Waals surface area contributed by atoms with Crippen molar-refractivity contribution in [3.8, 4) is 0 Å². The van der Waals surface area contributed by atoms with Gasteiger partial charge in [-0.2, -0.15) is 0 Å². The van der Waals surface area contributed by atoms with E-state index in [0.29, 0.717) is 5.92 Å². The van der Waals surface area contributed by atoms with E-state index in [1.807, 2.05) is 0 Å². The second-order valence-electron chi connectivity index (χ2n) is 4.15. The Morgan fingerprint density at radius 2 is 2.23 bits per heavy atom. The quantitative estimate of drug-likeness (QED) is 0.676. The lowest BCUT2D eigenvalue weighted by Crippen LogP contribution is -2.42. The van der Waals surface area contributed by atoms with Crippen molar-refractivity contribution in [3.05, 3.63) is 0 Å². The van der Waals surface area contributed by atoms with Crippen LogP contribution in [0.4, 0.5) is 0 Å². The summed E-state index contributed by atoms with van der Waals surface area (Å²) in [6, 6.07) is 0.283. The second-order valence-corrected chi connectivity index (χ2v) is 4.15. The van der Waals surface area contributed by atoms with E-state index < -0.39 is 6.10 Å². The molecule has 3 unspecified atom stereocenters. The molecule has 3 nitrogen and oxygen atoms in total. The summed E-state index contributed by atoms with van der Waals surface area (Å²) in [5.41, 5.74) is 0. The molecule has 1 amide bonds. The van der Waals surface area contributed by atoms with E-state index in [1.165, 1.54) is 19.8 Å². The van der Waals surface area contributed by atoms with E-state index in [2.05, 4.69) is 12.2 Å². The largest absolute Gasteiger partial charge is 0.384 e. The summed E-state index contributed by atoms with van der Waals surface area (Å²) >= 11 is 0. The van der Waals surface area contributed by atoms with E-state index in [9.17, 15) is 4.79 Å². The first kappa shape index (κ1) is 10.5. The van der Waals surface area contributed by atoms with Gasteiger partial charge >= 0.3 is 0 Å². The first-order valence-corrected chi connectivity index (χ1v) is 5.08. The number of carbonyl (C=O) groups is 1. The number of amides is 1. The first-order chi connectivity index (χ1) is 6.09. The molecule has 2 N–H and O–H groups in total. The molecule has 0 heterocycles. The van der Waals surface area contributed by atoms with Gasteiger partial charge in [0.2, 0.25) is 5.91 Å². The Morgan fingerprint density at radius 1 is 1.54 bits per heavy atom. The molecule has 0 aromatic carbocycles. The number of nitrogens with one attached hydrogen (secondary N) is 1. The normalized spacial score (nSPS) is 31.0. The average molecular weight is 185 g/mol. The van der Waals surface area contributed by atoms with Gasteiger partial charge < -0.3 is 10.4 Å². The third-order valence-electron chi connectivity index (χ3n) is 2.66. The van der Waals surface area contributed by atoms with Crippen molar-refractivity contribution >= 4 is 5.91 Å². The van der Waals surface area contributed by atoms with Crippen LogP contribution in [0.3, 0.4) is 0 Å². The molecule has 1 rings (SSSR count). The smallest absolute Gasteiger partial charge is 0.248 e. The molecule has 0 spiro atoms. The third-order valence-corrected chi connectivity index (χ3v) is 2.66. The van der Waals surface area contributed by atoms with Crippen molar-refractivity contribution in [3.63, 3.8) is 0 Å². The van der Waals surface area contributed by atoms with Gasteiger partial charge in [0, 0.05) is 6.04 Å². The van der Waals surface area contributed by atoms with Crippen LogP contribution in [0.2, 0.25) is 0 Å². The van der Waals surface area contributed by atoms with Gasteiger partial charge in [-0.15, -0.1) is 0 Å². The van der Waals surface area contributed by atoms with Crippen LogP contribution in [0.5, 0.6) is 0 Å². The number of hydrogen-bond acceptors (Lipinski definition) is 2. The molecule has 1 aliphatic rings. The average Bonchev–Trinajstić information content (AvgIpc) is 2.04. The van der Waals surface area contributed by atoms with E-state index in [1.54, 1.807) is 0 Å². The topological polar surface area (TPSA) is 49.3 Å². The van der Waals surface area contributed by atoms with Crippen molar-refractivity contribution in [1.29, 1.82) is 0 Å². The Kier molecular flexibility index (Phi) is 3.72. The first-order valence-electron chi connectivity index (χ1n) is 5.08. The summed E-state index contributed by atoms with van der Waals surface area (Å²) in [6.07, 6.45) is 3.69. The fourth-order valence-electron chi connectivity index (χ4n) is 1.89. The standard InChI is InChI=1S/C10H19NO2/c1-7-4-3-5-9(6-7)11-10(13)8(2)12/h7-9,12H,3-6H2,1-2H3,(H,11,13). The van der Waals surface area contributed by atoms with E-state index in [0.717, 1.165) is 12.8 Å². The molecule has 13 heavy (non-hydrogen) atoms. The summed E-state index contributed by atoms with van der Waals surface area (Å²) in [5.74, 6) is 0.465. The highest BCUT2D eigenvalue weighted by molar-refractivity contribution is 5.80. The Labute approximate surface area is 79.5 Å². The summed E-state index contributed by atoms with van der Waals surface area (Å²) in [6.45, 7) is 3.71. The maximum absolute atomic E-state index is 11.2. The second kappa shape index (κ2) is 4.61. The minimum absolute atomic E-state index is 0.237. The summed E-state index contributed by atoms with van der Waals surface area (Å²) in [5, 5.41) is 11.9. The maximum atomic E-state index is 11.2. The van der Waals surface area contributed by atoms with Gasteiger partial charge in [-0.25, -0.2) is 0 Å². The minimum Gasteiger partial charge on any atom is -0.384 e. The molecule has 0 bridgehead atoms. The van der Waals surface area contributed by atoms with Crippen molar-refractivity contribution < 1.29 is 9.90 Å². The van der Waals surface area contributed by atoms with Gasteiger partial charge in [-0.05, 0) is 25.7 Å². The molecule has 76 valence electrons. The Balaban J connectivity index is 2.31. The monoisotopic (exact) mass is 185 g/mol. The van der Waals surface area contributed by atoms with Crippen molar-refractivity contribution in [2.45, 2.75) is 51.7 Å². The summed E-state index contributed by atoms with van der Waals surface area (Å²) in [4.78, 5) is 11.2. The van der Waals surface area contributed by atoms with E-state index >= 15 is 0 Å². The fourth-order valence-corrected chi connectivity index (χ4v) is 1.89. The molecular formula is C10H19NO2. The van der Waals surface area contributed by atoms with Crippen molar-refractivity contribution in [2.24, 2.45) is 5.92 Å². The Morgan fingerprint density at radius 3 is 2.77 bits per heavy atom. The minimum atomic E-state index is -0.878. The van der Waals surface area contributed by atoms with Crippen LogP contribution in [0.1, 0.15) is 39.5 Å². The van der Waals surface area contributed by atoms with Gasteiger partial charge in [0.25, 0.3) is 0 Å². The molecule has 1 saturated carbocycles. The molecule has 1 fully saturated rings. The van der Waals surface area contributed by atoms with Gasteiger partial charge in [-0.3, -0.25) is 4.79 Å². The van der Waals surface area contributed by atoms with Crippen LogP contribution in [0.15, 0.2) is 0 Å². The van der Waals surface area contributed by atoms with Crippen molar-refractivity contribution in [1.82, 2.24) is 5.32 Å². The molecule has 0 radical (unpaired) electrons. The highest BCUT2D eigenvalue weighted by atomic mass is 16.3. The maximum Gasteiger partial charge on any atom is 0.248 e. The molecule has 0 aliphatic heterocycles. The number of hydrogen-bond donors (Lipinski definition) is 2. The number of carbonyl (C=O) groups excluding carboxylic acids is 1. The zero-order valence-corrected chi connectivity index (χ0v) is 8.42. The van der Waals surface area contributed by atoms with Gasteiger partial charge in [0.15, 0.2) is 0 Å². The molecule has 1 aliphatic carbocycles. The zero-order chi connectivity index (χ0) is 9.84. The predicted octanol–water partition coefficient (Wildman–Crippen LogP) is 1.06. The van der Waals surface area contributed by atoms with Gasteiger partial charge in [-0.1, -0.05) is 19.8 Å². The van der Waals surface area contributed by atoms with Crippen molar-refractivity contribution in [2.75, 3.05) is 0 Å². The summed E-state index contributed by atoms with van der Waals surface area (Å²) in [7, 11) is 0. The van der Waals surface area contributed by atoms with Crippen LogP contribution in [0, 0.1) is 5.92 Å². The SMILES string of the molecule is CC1CCCC(NC(=O)C(C)O)C1. The Bertz CT molecular complexity index is 180. The lowest BCUT2D eigenvalue weighted by Gasteiger charge is -2.27. The molecule has 3 heteroatoms. The highest BCUT2D eigenvalue weighted by Crippen LogP contribution is 2.23. The number of aliphatic hydroxyl groups is 1. The molecule has 0 aromatic heterocycles. The Hall–Kier alpha value is -0.570. The molecule has 0 saturated heterocycles. The van der Waals surface area contributed by atoms with E-state index in [-0.39, 0.29) is 11.9 Å². The highest BCUT2D eigenvalue weighted by Gasteiger charge is 2.21. The molecular weight excluding hydrogens is 166 g/mol. The zero-order valence-electron chi connectivity index (χ0n) is 8.42. The lowest BCUT2D eigenvalue weighted by atomic mass is 9.87. The predicted molar refractivity (Wildman–Crippen MR) is 51.2 cm³/mol. The fraction of sp³-hybridized carbons (Fsp3) is 0.900. The molecule has 3 atom stereocenters. The van der Waals surface area contributed by atoms with Crippen LogP contribution in [-0.4, -0.2) is 23.2 Å². The third kappa shape index (κ3) is 3.35.